The van der Waals surface area contributed by atoms with Crippen LogP contribution in [0.4, 0.5) is 5.82 Å². The van der Waals surface area contributed by atoms with E-state index in [9.17, 15) is 9.90 Å². The first-order chi connectivity index (χ1) is 11.9. The van der Waals surface area contributed by atoms with E-state index in [0.717, 1.165) is 10.9 Å². The van der Waals surface area contributed by atoms with Gasteiger partial charge < -0.3 is 24.8 Å². The maximum atomic E-state index is 12.3. The van der Waals surface area contributed by atoms with E-state index < -0.39 is 6.23 Å². The molecular weight excluding hydrogens is 320 g/mol. The third kappa shape index (κ3) is 2.56. The molecule has 4 rings (SSSR count). The Hall–Kier alpha value is -2.80. The molecule has 130 valence electrons. The molecule has 0 aliphatic carbocycles. The molecule has 7 nitrogen and oxygen atoms in total. The van der Waals surface area contributed by atoms with E-state index in [4.69, 9.17) is 4.52 Å². The summed E-state index contributed by atoms with van der Waals surface area (Å²) in [6.45, 7) is 5.86. The van der Waals surface area contributed by atoms with E-state index in [0.29, 0.717) is 22.8 Å². The summed E-state index contributed by atoms with van der Waals surface area (Å²) in [4.78, 5) is 12.3. The zero-order chi connectivity index (χ0) is 17.7. The standard InChI is InChI=1S/C18H20N4O3/c1-9-6-16(21-25-9)20-17(23)13-5-4-12-7-15-18(24)19-10(2)11(3)22(15)14(12)8-13/h4-8,10-11,17,23H,1-3H3,(H,19,24)(H,20,21). The van der Waals surface area contributed by atoms with Gasteiger partial charge in [0.2, 0.25) is 0 Å². The van der Waals surface area contributed by atoms with E-state index in [-0.39, 0.29) is 18.0 Å². The van der Waals surface area contributed by atoms with Crippen molar-refractivity contribution >= 4 is 22.6 Å². The Morgan fingerprint density at radius 3 is 2.84 bits per heavy atom. The largest absolute Gasteiger partial charge is 0.369 e. The first-order valence-electron chi connectivity index (χ1n) is 8.27. The molecule has 3 aromatic rings. The monoisotopic (exact) mass is 340 g/mol. The van der Waals surface area contributed by atoms with Crippen LogP contribution in [0, 0.1) is 6.92 Å². The molecule has 3 heterocycles. The Morgan fingerprint density at radius 1 is 1.32 bits per heavy atom. The predicted molar refractivity (Wildman–Crippen MR) is 93.4 cm³/mol. The predicted octanol–water partition coefficient (Wildman–Crippen LogP) is 2.73. The second kappa shape index (κ2) is 5.63. The van der Waals surface area contributed by atoms with Crippen LogP contribution in [0.25, 0.3) is 10.9 Å². The summed E-state index contributed by atoms with van der Waals surface area (Å²) in [6.07, 6.45) is -0.926. The van der Waals surface area contributed by atoms with Gasteiger partial charge >= 0.3 is 0 Å². The van der Waals surface area contributed by atoms with Gasteiger partial charge in [-0.25, -0.2) is 0 Å². The first-order valence-corrected chi connectivity index (χ1v) is 8.27. The fourth-order valence-corrected chi connectivity index (χ4v) is 3.30. The number of hydrogen-bond donors (Lipinski definition) is 3. The van der Waals surface area contributed by atoms with Crippen molar-refractivity contribution in [2.45, 2.75) is 39.1 Å². The lowest BCUT2D eigenvalue weighted by Gasteiger charge is -2.30. The summed E-state index contributed by atoms with van der Waals surface area (Å²) in [7, 11) is 0. The highest BCUT2D eigenvalue weighted by atomic mass is 16.5. The minimum atomic E-state index is -0.926. The van der Waals surface area contributed by atoms with Gasteiger partial charge in [-0.05, 0) is 32.9 Å². The van der Waals surface area contributed by atoms with Crippen molar-refractivity contribution in [2.75, 3.05) is 5.32 Å². The number of aryl methyl sites for hydroxylation is 1. The number of hydrogen-bond acceptors (Lipinski definition) is 5. The highest BCUT2D eigenvalue weighted by molar-refractivity contribution is 6.00. The lowest BCUT2D eigenvalue weighted by atomic mass is 10.1. The smallest absolute Gasteiger partial charge is 0.268 e. The molecule has 25 heavy (non-hydrogen) atoms. The van der Waals surface area contributed by atoms with Crippen molar-refractivity contribution in [1.82, 2.24) is 15.0 Å². The van der Waals surface area contributed by atoms with Crippen LogP contribution in [0.3, 0.4) is 0 Å². The number of benzene rings is 1. The Labute approximate surface area is 144 Å². The number of carbonyl (C=O) groups excluding carboxylic acids is 1. The van der Waals surface area contributed by atoms with Crippen molar-refractivity contribution in [2.24, 2.45) is 0 Å². The van der Waals surface area contributed by atoms with Gasteiger partial charge in [0.1, 0.15) is 11.5 Å². The van der Waals surface area contributed by atoms with E-state index in [1.165, 1.54) is 0 Å². The number of carbonyl (C=O) groups is 1. The van der Waals surface area contributed by atoms with Crippen molar-refractivity contribution in [3.63, 3.8) is 0 Å². The Morgan fingerprint density at radius 2 is 2.12 bits per heavy atom. The van der Waals surface area contributed by atoms with Crippen LogP contribution in [0.15, 0.2) is 34.9 Å². The number of aliphatic hydroxyl groups is 1. The average Bonchev–Trinajstić information content (AvgIpc) is 3.15. The van der Waals surface area contributed by atoms with Gasteiger partial charge in [-0.15, -0.1) is 0 Å². The van der Waals surface area contributed by atoms with Crippen LogP contribution < -0.4 is 10.6 Å². The third-order valence-electron chi connectivity index (χ3n) is 4.82. The molecule has 1 aromatic carbocycles. The van der Waals surface area contributed by atoms with Gasteiger partial charge in [-0.3, -0.25) is 4.79 Å². The lowest BCUT2D eigenvalue weighted by molar-refractivity contribution is 0.0891. The molecule has 0 radical (unpaired) electrons. The number of nitrogens with zero attached hydrogens (tertiary/aromatic N) is 2. The zero-order valence-corrected chi connectivity index (χ0v) is 14.3. The fourth-order valence-electron chi connectivity index (χ4n) is 3.30. The SMILES string of the molecule is Cc1cc(NC(O)c2ccc3cc4n(c3c2)C(C)C(C)NC4=O)no1. The highest BCUT2D eigenvalue weighted by Crippen LogP contribution is 2.31. The van der Waals surface area contributed by atoms with Crippen LogP contribution in [0.5, 0.6) is 0 Å². The van der Waals surface area contributed by atoms with E-state index in [1.807, 2.05) is 35.8 Å². The van der Waals surface area contributed by atoms with E-state index in [2.05, 4.69) is 22.7 Å². The molecule has 0 bridgehead atoms. The number of fused-ring (bicyclic) bond motifs is 3. The van der Waals surface area contributed by atoms with Gasteiger partial charge in [0, 0.05) is 28.6 Å². The summed E-state index contributed by atoms with van der Waals surface area (Å²) in [5.74, 6) is 1.07. The zero-order valence-electron chi connectivity index (χ0n) is 14.3. The molecular formula is C18H20N4O3. The molecule has 3 N–H and O–H groups in total. The molecule has 0 fully saturated rings. The van der Waals surface area contributed by atoms with Crippen LogP contribution in [-0.4, -0.2) is 26.8 Å². The lowest BCUT2D eigenvalue weighted by Crippen LogP contribution is -2.44. The fraction of sp³-hybridized carbons (Fsp3) is 0.333. The van der Waals surface area contributed by atoms with Crippen LogP contribution in [0.2, 0.25) is 0 Å². The molecule has 2 aromatic heterocycles. The molecule has 0 spiro atoms. The number of aromatic nitrogens is 2. The Balaban J connectivity index is 1.73. The van der Waals surface area contributed by atoms with Crippen LogP contribution in [0.1, 0.15) is 47.9 Å². The minimum Gasteiger partial charge on any atom is -0.369 e. The van der Waals surface area contributed by atoms with Gasteiger partial charge in [0.05, 0.1) is 6.04 Å². The van der Waals surface area contributed by atoms with Crippen molar-refractivity contribution < 1.29 is 14.4 Å². The molecule has 0 saturated carbocycles. The molecule has 0 saturated heterocycles. The van der Waals surface area contributed by atoms with E-state index >= 15 is 0 Å². The number of aliphatic hydroxyl groups excluding tert-OH is 1. The topological polar surface area (TPSA) is 92.3 Å². The van der Waals surface area contributed by atoms with Crippen LogP contribution in [-0.2, 0) is 0 Å². The normalized spacial score (nSPS) is 21.0. The van der Waals surface area contributed by atoms with Gasteiger partial charge in [0.15, 0.2) is 12.0 Å². The number of rotatable bonds is 3. The number of nitrogens with one attached hydrogen (secondary N) is 2. The number of anilines is 1. The maximum absolute atomic E-state index is 12.3. The van der Waals surface area contributed by atoms with Gasteiger partial charge in [-0.2, -0.15) is 0 Å². The quantitative estimate of drug-likeness (QED) is 0.638. The molecule has 1 aliphatic heterocycles. The third-order valence-corrected chi connectivity index (χ3v) is 4.82. The molecule has 3 atom stereocenters. The Kier molecular flexibility index (Phi) is 3.54. The van der Waals surface area contributed by atoms with E-state index in [1.54, 1.807) is 13.0 Å². The van der Waals surface area contributed by atoms with Gasteiger partial charge in [0.25, 0.3) is 5.91 Å². The summed E-state index contributed by atoms with van der Waals surface area (Å²) < 4.78 is 7.04. The summed E-state index contributed by atoms with van der Waals surface area (Å²) in [5.41, 5.74) is 2.27. The first kappa shape index (κ1) is 15.7. The summed E-state index contributed by atoms with van der Waals surface area (Å²) >= 11 is 0. The molecule has 3 unspecified atom stereocenters. The van der Waals surface area contributed by atoms with Crippen LogP contribution >= 0.6 is 0 Å². The van der Waals surface area contributed by atoms with Gasteiger partial charge in [-0.1, -0.05) is 17.3 Å². The summed E-state index contributed by atoms with van der Waals surface area (Å²) in [5, 5.41) is 21.2. The second-order valence-electron chi connectivity index (χ2n) is 6.59. The average molecular weight is 340 g/mol. The Bertz CT molecular complexity index is 959. The summed E-state index contributed by atoms with van der Waals surface area (Å²) in [6, 6.07) is 9.44. The van der Waals surface area contributed by atoms with Crippen molar-refractivity contribution in [3.05, 3.63) is 47.3 Å². The van der Waals surface area contributed by atoms with Crippen molar-refractivity contribution in [1.29, 1.82) is 0 Å². The van der Waals surface area contributed by atoms with Crippen molar-refractivity contribution in [3.8, 4) is 0 Å². The minimum absolute atomic E-state index is 0.0420. The molecule has 7 heteroatoms. The number of amides is 1. The second-order valence-corrected chi connectivity index (χ2v) is 6.59. The molecule has 1 amide bonds. The highest BCUT2D eigenvalue weighted by Gasteiger charge is 2.29. The maximum Gasteiger partial charge on any atom is 0.268 e. The molecule has 1 aliphatic rings.